The number of fused-ring (bicyclic) bond motifs is 6. The Kier molecular flexibility index (Phi) is 9.51. The van der Waals surface area contributed by atoms with Crippen molar-refractivity contribution in [3.8, 4) is 22.3 Å². The Morgan fingerprint density at radius 3 is 1.62 bits per heavy atom. The molecule has 0 unspecified atom stereocenters. The molecule has 0 radical (unpaired) electrons. The molecular weight excluding hydrogens is 841 g/mol. The molecule has 1 aliphatic heterocycles. The number of hydrogen-bond donors (Lipinski definition) is 0. The number of para-hydroxylation sites is 2. The Bertz CT molecular complexity index is 3750. The summed E-state index contributed by atoms with van der Waals surface area (Å²) in [5, 5.41) is 10.0. The van der Waals surface area contributed by atoms with E-state index < -0.39 is 8.07 Å². The Morgan fingerprint density at radius 1 is 0.338 bits per heavy atom. The molecule has 0 fully saturated rings. The predicted molar refractivity (Wildman–Crippen MR) is 289 cm³/mol. The molecule has 68 heavy (non-hydrogen) atoms. The number of rotatable bonds is 8. The smallest absolute Gasteiger partial charge is 0.184 e. The second-order valence-corrected chi connectivity index (χ2v) is 21.4. The van der Waals surface area contributed by atoms with Gasteiger partial charge in [0.15, 0.2) is 8.07 Å². The van der Waals surface area contributed by atoms with E-state index in [0.717, 1.165) is 55.8 Å². The van der Waals surface area contributed by atoms with Crippen LogP contribution in [-0.2, 0) is 0 Å². The second-order valence-electron chi connectivity index (χ2n) is 17.6. The summed E-state index contributed by atoms with van der Waals surface area (Å²) in [4.78, 5) is 4.83. The topological polar surface area (TPSA) is 19.6 Å². The number of benzene rings is 11. The van der Waals surface area contributed by atoms with Crippen LogP contribution >= 0.6 is 0 Å². The van der Waals surface area contributed by atoms with Gasteiger partial charge in [-0.3, -0.25) is 0 Å². The Morgan fingerprint density at radius 2 is 0.868 bits per heavy atom. The zero-order chi connectivity index (χ0) is 45.0. The number of anilines is 6. The third-order valence-electron chi connectivity index (χ3n) is 13.9. The van der Waals surface area contributed by atoms with Gasteiger partial charge in [0, 0.05) is 50.7 Å². The molecule has 0 saturated heterocycles. The number of nitrogens with zero attached hydrogens (tertiary/aromatic N) is 2. The summed E-state index contributed by atoms with van der Waals surface area (Å²) in [6, 6.07) is 97.5. The third-order valence-corrected chi connectivity index (χ3v) is 18.8. The largest absolute Gasteiger partial charge is 0.456 e. The van der Waals surface area contributed by atoms with Crippen molar-refractivity contribution in [1.82, 2.24) is 0 Å². The summed E-state index contributed by atoms with van der Waals surface area (Å²) in [6.07, 6.45) is 0. The second kappa shape index (κ2) is 16.3. The molecule has 0 amide bonds. The van der Waals surface area contributed by atoms with E-state index in [2.05, 4.69) is 277 Å². The van der Waals surface area contributed by atoms with Gasteiger partial charge in [0.2, 0.25) is 0 Å². The third kappa shape index (κ3) is 6.41. The van der Waals surface area contributed by atoms with E-state index in [9.17, 15) is 0 Å². The predicted octanol–water partition coefficient (Wildman–Crippen LogP) is 14.7. The Labute approximate surface area is 397 Å². The van der Waals surface area contributed by atoms with Crippen LogP contribution in [0.1, 0.15) is 0 Å². The van der Waals surface area contributed by atoms with Crippen molar-refractivity contribution in [2.45, 2.75) is 0 Å². The van der Waals surface area contributed by atoms with Crippen LogP contribution in [0.25, 0.3) is 55.0 Å². The first kappa shape index (κ1) is 39.6. The maximum absolute atomic E-state index is 6.91. The summed E-state index contributed by atoms with van der Waals surface area (Å²) < 4.78 is 6.91. The highest BCUT2D eigenvalue weighted by atomic mass is 28.3. The van der Waals surface area contributed by atoms with Crippen LogP contribution < -0.4 is 30.5 Å². The lowest BCUT2D eigenvalue weighted by molar-refractivity contribution is 0.669. The fourth-order valence-corrected chi connectivity index (χ4v) is 15.9. The van der Waals surface area contributed by atoms with E-state index >= 15 is 0 Å². The normalized spacial score (nSPS) is 12.8. The summed E-state index contributed by atoms with van der Waals surface area (Å²) in [7, 11) is -2.80. The molecule has 0 saturated carbocycles. The van der Waals surface area contributed by atoms with Crippen LogP contribution in [0.15, 0.2) is 271 Å². The fourth-order valence-electron chi connectivity index (χ4n) is 10.8. The lowest BCUT2D eigenvalue weighted by atomic mass is 10.0. The van der Waals surface area contributed by atoms with Crippen LogP contribution in [0, 0.1) is 0 Å². The first-order chi connectivity index (χ1) is 33.7. The number of hydrogen-bond acceptors (Lipinski definition) is 3. The first-order valence-corrected chi connectivity index (χ1v) is 25.3. The highest BCUT2D eigenvalue weighted by molar-refractivity contribution is 7.21. The van der Waals surface area contributed by atoms with Gasteiger partial charge in [-0.2, -0.15) is 0 Å². The van der Waals surface area contributed by atoms with Crippen molar-refractivity contribution in [3.63, 3.8) is 0 Å². The quantitative estimate of drug-likeness (QED) is 0.142. The average molecular weight is 885 g/mol. The molecule has 11 aromatic carbocycles. The van der Waals surface area contributed by atoms with E-state index in [1.165, 1.54) is 54.0 Å². The zero-order valence-corrected chi connectivity index (χ0v) is 38.2. The van der Waals surface area contributed by atoms with Crippen molar-refractivity contribution >= 4 is 95.7 Å². The lowest BCUT2D eigenvalue weighted by Gasteiger charge is -2.45. The lowest BCUT2D eigenvalue weighted by Crippen LogP contribution is -2.77. The van der Waals surface area contributed by atoms with Gasteiger partial charge in [0.25, 0.3) is 0 Å². The standard InChI is InChI=1S/C64H44N2OSi/c1-5-18-45(19-6-1)46-32-36-51(37-33-46)65(58-30-17-21-47-20-13-14-28-55(47)58)52-38-40-57-56-39-34-49(43-61(56)67-62(57)44-52)48-35-41-64-60(42-48)66(50-22-7-2-8-23-50)59-29-15-16-31-63(59)68(64,53-24-9-3-10-25-53)54-26-11-4-12-27-54/h1-44H. The van der Waals surface area contributed by atoms with Crippen molar-refractivity contribution in [2.24, 2.45) is 0 Å². The van der Waals surface area contributed by atoms with E-state index in [-0.39, 0.29) is 0 Å². The molecule has 1 aliphatic rings. The van der Waals surface area contributed by atoms with E-state index in [4.69, 9.17) is 4.42 Å². The molecule has 4 heteroatoms. The highest BCUT2D eigenvalue weighted by Gasteiger charge is 2.48. The van der Waals surface area contributed by atoms with Gasteiger partial charge in [-0.1, -0.05) is 194 Å². The maximum atomic E-state index is 6.91. The minimum atomic E-state index is -2.80. The van der Waals surface area contributed by atoms with Crippen LogP contribution in [0.5, 0.6) is 0 Å². The Hall–Kier alpha value is -8.70. The highest BCUT2D eigenvalue weighted by Crippen LogP contribution is 2.44. The van der Waals surface area contributed by atoms with Gasteiger partial charge in [-0.25, -0.2) is 0 Å². The summed E-state index contributed by atoms with van der Waals surface area (Å²) in [5.74, 6) is 0. The van der Waals surface area contributed by atoms with Gasteiger partial charge in [-0.05, 0) is 115 Å². The van der Waals surface area contributed by atoms with E-state index in [1.54, 1.807) is 0 Å². The van der Waals surface area contributed by atoms with Crippen molar-refractivity contribution in [1.29, 1.82) is 0 Å². The molecule has 320 valence electrons. The fraction of sp³-hybridized carbons (Fsp3) is 0. The molecule has 0 spiro atoms. The molecule has 1 aromatic heterocycles. The first-order valence-electron chi connectivity index (χ1n) is 23.3. The van der Waals surface area contributed by atoms with Gasteiger partial charge >= 0.3 is 0 Å². The minimum absolute atomic E-state index is 0.847. The Balaban J connectivity index is 0.957. The molecule has 13 rings (SSSR count). The average Bonchev–Trinajstić information content (AvgIpc) is 3.79. The van der Waals surface area contributed by atoms with Crippen LogP contribution in [-0.4, -0.2) is 8.07 Å². The zero-order valence-electron chi connectivity index (χ0n) is 37.2. The maximum Gasteiger partial charge on any atom is 0.184 e. The molecule has 2 heterocycles. The molecular formula is C64H44N2OSi. The van der Waals surface area contributed by atoms with Gasteiger partial charge < -0.3 is 14.2 Å². The van der Waals surface area contributed by atoms with Gasteiger partial charge in [0.1, 0.15) is 11.2 Å². The van der Waals surface area contributed by atoms with E-state index in [0.29, 0.717) is 0 Å². The van der Waals surface area contributed by atoms with Crippen LogP contribution in [0.4, 0.5) is 34.1 Å². The molecule has 12 aromatic rings. The monoisotopic (exact) mass is 884 g/mol. The van der Waals surface area contributed by atoms with Crippen LogP contribution in [0.3, 0.4) is 0 Å². The van der Waals surface area contributed by atoms with Crippen molar-refractivity contribution in [3.05, 3.63) is 267 Å². The SMILES string of the molecule is c1ccc(-c2ccc(N(c3ccc4c(c3)oc3cc(-c5ccc6c(c5)N(c5ccccc5)c5ccccc5[Si]6(c5ccccc5)c5ccccc5)ccc34)c3cccc4ccccc34)cc2)cc1. The van der Waals surface area contributed by atoms with Crippen LogP contribution in [0.2, 0.25) is 0 Å². The molecule has 0 aliphatic carbocycles. The van der Waals surface area contributed by atoms with Gasteiger partial charge in [0.05, 0.1) is 5.69 Å². The van der Waals surface area contributed by atoms with Gasteiger partial charge in [-0.15, -0.1) is 0 Å². The van der Waals surface area contributed by atoms with E-state index in [1.807, 2.05) is 0 Å². The minimum Gasteiger partial charge on any atom is -0.456 e. The molecule has 0 N–H and O–H groups in total. The molecule has 0 bridgehead atoms. The van der Waals surface area contributed by atoms with Crippen molar-refractivity contribution in [2.75, 3.05) is 9.80 Å². The summed E-state index contributed by atoms with van der Waals surface area (Å²) in [5.41, 5.74) is 13.1. The molecule has 3 nitrogen and oxygen atoms in total. The molecule has 0 atom stereocenters. The summed E-state index contributed by atoms with van der Waals surface area (Å²) >= 11 is 0. The summed E-state index contributed by atoms with van der Waals surface area (Å²) in [6.45, 7) is 0. The van der Waals surface area contributed by atoms with Crippen molar-refractivity contribution < 1.29 is 4.42 Å². The number of furan rings is 1.